The molecule has 0 aliphatic heterocycles. The summed E-state index contributed by atoms with van der Waals surface area (Å²) in [7, 11) is 0. The van der Waals surface area contributed by atoms with Crippen LogP contribution in [0.5, 0.6) is 0 Å². The standard InChI is InChI=1S/C8H9N3O3/c12-10-6-9-5-7-1-3-8(4-2-7)11(13)14/h1-4,9H,5-6H2. The first-order valence-corrected chi connectivity index (χ1v) is 3.97. The fourth-order valence-corrected chi connectivity index (χ4v) is 0.981. The lowest BCUT2D eigenvalue weighted by molar-refractivity contribution is -0.384. The van der Waals surface area contributed by atoms with Gasteiger partial charge < -0.3 is 0 Å². The molecule has 14 heavy (non-hydrogen) atoms. The third-order valence-electron chi connectivity index (χ3n) is 1.65. The third-order valence-corrected chi connectivity index (χ3v) is 1.65. The van der Waals surface area contributed by atoms with Crippen LogP contribution in [0.1, 0.15) is 5.56 Å². The van der Waals surface area contributed by atoms with E-state index >= 15 is 0 Å². The second kappa shape index (κ2) is 5.03. The monoisotopic (exact) mass is 195 g/mol. The van der Waals surface area contributed by atoms with Crippen LogP contribution < -0.4 is 5.32 Å². The van der Waals surface area contributed by atoms with Gasteiger partial charge in [0.15, 0.2) is 0 Å². The quantitative estimate of drug-likeness (QED) is 0.333. The van der Waals surface area contributed by atoms with Crippen molar-refractivity contribution in [1.29, 1.82) is 0 Å². The van der Waals surface area contributed by atoms with Gasteiger partial charge in [0.2, 0.25) is 0 Å². The highest BCUT2D eigenvalue weighted by molar-refractivity contribution is 5.32. The Kier molecular flexibility index (Phi) is 3.69. The van der Waals surface area contributed by atoms with E-state index < -0.39 is 4.92 Å². The van der Waals surface area contributed by atoms with Crippen molar-refractivity contribution in [3.05, 3.63) is 44.9 Å². The van der Waals surface area contributed by atoms with Crippen molar-refractivity contribution in [2.45, 2.75) is 6.54 Å². The van der Waals surface area contributed by atoms with Crippen LogP contribution in [0.2, 0.25) is 0 Å². The second-order valence-electron chi connectivity index (χ2n) is 2.64. The lowest BCUT2D eigenvalue weighted by atomic mass is 10.2. The van der Waals surface area contributed by atoms with Gasteiger partial charge in [-0.3, -0.25) is 15.4 Å². The summed E-state index contributed by atoms with van der Waals surface area (Å²) in [5, 5.41) is 15.7. The Labute approximate surface area is 80.1 Å². The maximum Gasteiger partial charge on any atom is 0.269 e. The largest absolute Gasteiger partial charge is 0.291 e. The lowest BCUT2D eigenvalue weighted by Crippen LogP contribution is -2.12. The number of nitrogens with zero attached hydrogens (tertiary/aromatic N) is 2. The number of hydrogen-bond acceptors (Lipinski definition) is 5. The highest BCUT2D eigenvalue weighted by atomic mass is 16.6. The second-order valence-corrected chi connectivity index (χ2v) is 2.64. The van der Waals surface area contributed by atoms with E-state index in [-0.39, 0.29) is 12.4 Å². The highest BCUT2D eigenvalue weighted by Crippen LogP contribution is 2.11. The first-order chi connectivity index (χ1) is 6.74. The first kappa shape index (κ1) is 10.3. The van der Waals surface area contributed by atoms with Gasteiger partial charge in [0.25, 0.3) is 5.69 Å². The number of benzene rings is 1. The van der Waals surface area contributed by atoms with Gasteiger partial charge >= 0.3 is 0 Å². The summed E-state index contributed by atoms with van der Waals surface area (Å²) in [6.07, 6.45) is 0. The van der Waals surface area contributed by atoms with Crippen LogP contribution in [-0.4, -0.2) is 11.6 Å². The topological polar surface area (TPSA) is 84.6 Å². The van der Waals surface area contributed by atoms with Crippen LogP contribution in [0, 0.1) is 15.0 Å². The van der Waals surface area contributed by atoms with Crippen LogP contribution in [0.25, 0.3) is 0 Å². The predicted octanol–water partition coefficient (Wildman–Crippen LogP) is 1.41. The van der Waals surface area contributed by atoms with Gasteiger partial charge in [0.1, 0.15) is 6.67 Å². The van der Waals surface area contributed by atoms with Crippen molar-refractivity contribution in [2.75, 3.05) is 6.67 Å². The number of nitrogens with one attached hydrogen (secondary N) is 1. The van der Waals surface area contributed by atoms with Gasteiger partial charge in [0.05, 0.1) is 4.92 Å². The molecular formula is C8H9N3O3. The smallest absolute Gasteiger partial charge is 0.269 e. The van der Waals surface area contributed by atoms with E-state index in [0.717, 1.165) is 5.56 Å². The average molecular weight is 195 g/mol. The molecular weight excluding hydrogens is 186 g/mol. The number of non-ortho nitro benzene ring substituents is 1. The first-order valence-electron chi connectivity index (χ1n) is 3.97. The minimum atomic E-state index is -0.454. The van der Waals surface area contributed by atoms with Gasteiger partial charge in [0, 0.05) is 18.7 Å². The van der Waals surface area contributed by atoms with Gasteiger partial charge in [-0.15, -0.1) is 4.91 Å². The molecule has 0 spiro atoms. The molecule has 0 unspecified atom stereocenters. The van der Waals surface area contributed by atoms with Crippen LogP contribution in [-0.2, 0) is 6.54 Å². The molecule has 74 valence electrons. The van der Waals surface area contributed by atoms with E-state index in [2.05, 4.69) is 10.5 Å². The molecule has 0 atom stereocenters. The number of rotatable bonds is 5. The number of nitro groups is 1. The van der Waals surface area contributed by atoms with E-state index in [0.29, 0.717) is 6.54 Å². The SMILES string of the molecule is O=NCNCc1ccc([N+](=O)[O-])cc1. The molecule has 0 amide bonds. The van der Waals surface area contributed by atoms with Crippen LogP contribution in [0.4, 0.5) is 5.69 Å². The Morgan fingerprint density at radius 2 is 2.00 bits per heavy atom. The molecule has 0 fully saturated rings. The Morgan fingerprint density at radius 1 is 1.36 bits per heavy atom. The fourth-order valence-electron chi connectivity index (χ4n) is 0.981. The van der Waals surface area contributed by atoms with Crippen LogP contribution >= 0.6 is 0 Å². The van der Waals surface area contributed by atoms with E-state index in [4.69, 9.17) is 0 Å². The zero-order valence-corrected chi connectivity index (χ0v) is 7.34. The summed E-state index contributed by atoms with van der Waals surface area (Å²) >= 11 is 0. The molecule has 0 saturated heterocycles. The normalized spacial score (nSPS) is 9.71. The Hall–Kier alpha value is -1.82. The third kappa shape index (κ3) is 2.91. The molecule has 0 saturated carbocycles. The van der Waals surface area contributed by atoms with Crippen molar-refractivity contribution < 1.29 is 4.92 Å². The van der Waals surface area contributed by atoms with E-state index in [9.17, 15) is 15.0 Å². The number of nitroso groups, excluding NO2 is 1. The minimum absolute atomic E-state index is 0.0387. The number of nitro benzene ring substituents is 1. The molecule has 0 aromatic heterocycles. The summed E-state index contributed by atoms with van der Waals surface area (Å²) < 4.78 is 0. The van der Waals surface area contributed by atoms with Crippen molar-refractivity contribution in [3.63, 3.8) is 0 Å². The maximum absolute atomic E-state index is 10.3. The molecule has 6 heteroatoms. The Morgan fingerprint density at radius 3 is 2.50 bits per heavy atom. The van der Waals surface area contributed by atoms with Crippen molar-refractivity contribution in [3.8, 4) is 0 Å². The van der Waals surface area contributed by atoms with E-state index in [1.807, 2.05) is 0 Å². The molecule has 0 bridgehead atoms. The number of hydrogen-bond donors (Lipinski definition) is 1. The van der Waals surface area contributed by atoms with E-state index in [1.54, 1.807) is 12.1 Å². The fraction of sp³-hybridized carbons (Fsp3) is 0.250. The van der Waals surface area contributed by atoms with Crippen molar-refractivity contribution in [2.24, 2.45) is 5.18 Å². The Bertz CT molecular complexity index is 323. The summed E-state index contributed by atoms with van der Waals surface area (Å²) in [4.78, 5) is 19.6. The molecule has 1 N–H and O–H groups in total. The molecule has 0 radical (unpaired) electrons. The highest BCUT2D eigenvalue weighted by Gasteiger charge is 2.02. The summed E-state index contributed by atoms with van der Waals surface area (Å²) in [5.74, 6) is 0. The molecule has 1 rings (SSSR count). The van der Waals surface area contributed by atoms with Gasteiger partial charge in [-0.1, -0.05) is 17.3 Å². The van der Waals surface area contributed by atoms with Gasteiger partial charge in [-0.25, -0.2) is 0 Å². The van der Waals surface area contributed by atoms with E-state index in [1.165, 1.54) is 12.1 Å². The van der Waals surface area contributed by atoms with Crippen molar-refractivity contribution >= 4 is 5.69 Å². The Balaban J connectivity index is 2.55. The predicted molar refractivity (Wildman–Crippen MR) is 50.6 cm³/mol. The summed E-state index contributed by atoms with van der Waals surface area (Å²) in [6, 6.07) is 6.11. The zero-order valence-electron chi connectivity index (χ0n) is 7.34. The zero-order chi connectivity index (χ0) is 10.4. The molecule has 0 aliphatic rings. The summed E-state index contributed by atoms with van der Waals surface area (Å²) in [6.45, 7) is 0.515. The summed E-state index contributed by atoms with van der Waals surface area (Å²) in [5.41, 5.74) is 0.932. The molecule has 0 aliphatic carbocycles. The maximum atomic E-state index is 10.3. The van der Waals surface area contributed by atoms with Gasteiger partial charge in [-0.2, -0.15) is 0 Å². The minimum Gasteiger partial charge on any atom is -0.291 e. The average Bonchev–Trinajstić information content (AvgIpc) is 2.19. The molecule has 1 aromatic carbocycles. The van der Waals surface area contributed by atoms with Crippen LogP contribution in [0.3, 0.4) is 0 Å². The lowest BCUT2D eigenvalue weighted by Gasteiger charge is -1.99. The van der Waals surface area contributed by atoms with Gasteiger partial charge in [-0.05, 0) is 5.56 Å². The molecule has 6 nitrogen and oxygen atoms in total. The molecule has 1 aromatic rings. The van der Waals surface area contributed by atoms with Crippen molar-refractivity contribution in [1.82, 2.24) is 5.32 Å². The molecule has 0 heterocycles. The van der Waals surface area contributed by atoms with Crippen LogP contribution in [0.15, 0.2) is 29.4 Å².